The highest BCUT2D eigenvalue weighted by molar-refractivity contribution is 4.89. The second kappa shape index (κ2) is 5.79. The van der Waals surface area contributed by atoms with Crippen LogP contribution in [0.15, 0.2) is 6.33 Å². The summed E-state index contributed by atoms with van der Waals surface area (Å²) in [5.41, 5.74) is 0. The Kier molecular flexibility index (Phi) is 4.67. The number of aromatic nitrogens is 3. The minimum atomic E-state index is -0.285. The lowest BCUT2D eigenvalue weighted by atomic mass is 10.2. The maximum absolute atomic E-state index is 5.20. The van der Waals surface area contributed by atoms with Gasteiger partial charge in [-0.15, -0.1) is 0 Å². The molecule has 0 aliphatic carbocycles. The van der Waals surface area contributed by atoms with E-state index in [4.69, 9.17) is 9.47 Å². The molecule has 15 heavy (non-hydrogen) atoms. The van der Waals surface area contributed by atoms with Crippen LogP contribution < -0.4 is 5.32 Å². The molecule has 86 valence electrons. The molecule has 1 N–H and O–H groups in total. The standard InChI is InChI=1S/C9H18N4O2/c1-10-7(9(14-3)15-4)5-8-11-6-12-13(8)2/h6-7,9-10H,5H2,1-4H3. The molecule has 1 aromatic heterocycles. The summed E-state index contributed by atoms with van der Waals surface area (Å²) in [5.74, 6) is 0.897. The number of aryl methyl sites for hydroxylation is 1. The van der Waals surface area contributed by atoms with Gasteiger partial charge in [0.15, 0.2) is 6.29 Å². The van der Waals surface area contributed by atoms with Crippen LogP contribution >= 0.6 is 0 Å². The SMILES string of the molecule is CNC(Cc1ncnn1C)C(OC)OC. The molecule has 1 aromatic rings. The largest absolute Gasteiger partial charge is 0.354 e. The number of nitrogens with zero attached hydrogens (tertiary/aromatic N) is 3. The van der Waals surface area contributed by atoms with Gasteiger partial charge in [-0.3, -0.25) is 4.68 Å². The molecule has 6 heteroatoms. The summed E-state index contributed by atoms with van der Waals surface area (Å²) in [6, 6.07) is 0.0582. The molecule has 0 saturated carbocycles. The van der Waals surface area contributed by atoms with Crippen LogP contribution in [0, 0.1) is 0 Å². The van der Waals surface area contributed by atoms with Crippen molar-refractivity contribution in [1.82, 2.24) is 20.1 Å². The molecule has 0 spiro atoms. The molecule has 6 nitrogen and oxygen atoms in total. The highest BCUT2D eigenvalue weighted by atomic mass is 16.7. The Morgan fingerprint density at radius 2 is 2.13 bits per heavy atom. The van der Waals surface area contributed by atoms with Crippen molar-refractivity contribution >= 4 is 0 Å². The monoisotopic (exact) mass is 214 g/mol. The molecule has 1 unspecified atom stereocenters. The Morgan fingerprint density at radius 3 is 2.53 bits per heavy atom. The molecule has 0 aliphatic rings. The molecule has 0 amide bonds. The molecular formula is C9H18N4O2. The first-order valence-corrected chi connectivity index (χ1v) is 4.78. The lowest BCUT2D eigenvalue weighted by Crippen LogP contribution is -2.42. The summed E-state index contributed by atoms with van der Waals surface area (Å²) in [5, 5.41) is 7.15. The van der Waals surface area contributed by atoms with E-state index in [1.165, 1.54) is 6.33 Å². The predicted molar refractivity (Wildman–Crippen MR) is 55.4 cm³/mol. The number of likely N-dealkylation sites (N-methyl/N-ethyl adjacent to an activating group) is 1. The molecule has 1 rings (SSSR count). The fourth-order valence-electron chi connectivity index (χ4n) is 1.46. The number of nitrogens with one attached hydrogen (secondary N) is 1. The third-order valence-corrected chi connectivity index (χ3v) is 2.37. The van der Waals surface area contributed by atoms with Gasteiger partial charge in [-0.1, -0.05) is 0 Å². The van der Waals surface area contributed by atoms with Gasteiger partial charge in [-0.2, -0.15) is 5.10 Å². The maximum atomic E-state index is 5.20. The van der Waals surface area contributed by atoms with E-state index in [1.807, 2.05) is 14.1 Å². The van der Waals surface area contributed by atoms with Gasteiger partial charge in [0.25, 0.3) is 0 Å². The van der Waals surface area contributed by atoms with E-state index in [0.717, 1.165) is 5.82 Å². The molecule has 0 saturated heterocycles. The normalized spacial score (nSPS) is 13.4. The first-order valence-electron chi connectivity index (χ1n) is 4.78. The number of ether oxygens (including phenoxy) is 2. The van der Waals surface area contributed by atoms with Gasteiger partial charge in [0.2, 0.25) is 0 Å². The molecule has 1 atom stereocenters. The molecular weight excluding hydrogens is 196 g/mol. The van der Waals surface area contributed by atoms with E-state index >= 15 is 0 Å². The van der Waals surface area contributed by atoms with Crippen molar-refractivity contribution in [1.29, 1.82) is 0 Å². The van der Waals surface area contributed by atoms with Crippen molar-refractivity contribution in [3.05, 3.63) is 12.2 Å². The van der Waals surface area contributed by atoms with Crippen LogP contribution in [0.3, 0.4) is 0 Å². The van der Waals surface area contributed by atoms with Crippen LogP contribution in [0.1, 0.15) is 5.82 Å². The summed E-state index contributed by atoms with van der Waals surface area (Å²) >= 11 is 0. The second-order valence-corrected chi connectivity index (χ2v) is 3.24. The Labute approximate surface area is 89.6 Å². The first kappa shape index (κ1) is 12.1. The number of rotatable bonds is 6. The third kappa shape index (κ3) is 2.98. The molecule has 0 bridgehead atoms. The summed E-state index contributed by atoms with van der Waals surface area (Å²) in [4.78, 5) is 4.16. The Balaban J connectivity index is 2.64. The minimum Gasteiger partial charge on any atom is -0.354 e. The van der Waals surface area contributed by atoms with Gasteiger partial charge >= 0.3 is 0 Å². The summed E-state index contributed by atoms with van der Waals surface area (Å²) in [6.45, 7) is 0. The Bertz CT molecular complexity index is 285. The zero-order valence-electron chi connectivity index (χ0n) is 9.60. The van der Waals surface area contributed by atoms with Crippen LogP contribution in [0.5, 0.6) is 0 Å². The van der Waals surface area contributed by atoms with Gasteiger partial charge < -0.3 is 14.8 Å². The van der Waals surface area contributed by atoms with E-state index in [2.05, 4.69) is 15.4 Å². The second-order valence-electron chi connectivity index (χ2n) is 3.24. The van der Waals surface area contributed by atoms with Gasteiger partial charge in [0, 0.05) is 27.7 Å². The van der Waals surface area contributed by atoms with Crippen molar-refractivity contribution in [2.24, 2.45) is 7.05 Å². The molecule has 0 aromatic carbocycles. The van der Waals surface area contributed by atoms with E-state index < -0.39 is 0 Å². The molecule has 0 fully saturated rings. The van der Waals surface area contributed by atoms with Gasteiger partial charge in [-0.05, 0) is 7.05 Å². The quantitative estimate of drug-likeness (QED) is 0.651. The first-order chi connectivity index (χ1) is 7.22. The van der Waals surface area contributed by atoms with Crippen LogP contribution in [-0.2, 0) is 22.9 Å². The lowest BCUT2D eigenvalue weighted by Gasteiger charge is -2.23. The van der Waals surface area contributed by atoms with E-state index in [0.29, 0.717) is 6.42 Å². The fraction of sp³-hybridized carbons (Fsp3) is 0.778. The number of hydrogen-bond acceptors (Lipinski definition) is 5. The fourth-order valence-corrected chi connectivity index (χ4v) is 1.46. The van der Waals surface area contributed by atoms with Crippen LogP contribution in [0.4, 0.5) is 0 Å². The van der Waals surface area contributed by atoms with Gasteiger partial charge in [0.05, 0.1) is 6.04 Å². The molecule has 0 radical (unpaired) electrons. The van der Waals surface area contributed by atoms with Gasteiger partial charge in [0.1, 0.15) is 12.2 Å². The van der Waals surface area contributed by atoms with Crippen molar-refractivity contribution in [3.63, 3.8) is 0 Å². The van der Waals surface area contributed by atoms with E-state index in [-0.39, 0.29) is 12.3 Å². The third-order valence-electron chi connectivity index (χ3n) is 2.37. The van der Waals surface area contributed by atoms with Crippen LogP contribution in [0.2, 0.25) is 0 Å². The van der Waals surface area contributed by atoms with E-state index in [9.17, 15) is 0 Å². The Hall–Kier alpha value is -0.980. The average molecular weight is 214 g/mol. The summed E-state index contributed by atoms with van der Waals surface area (Å²) in [6.07, 6.45) is 1.96. The number of hydrogen-bond donors (Lipinski definition) is 1. The topological polar surface area (TPSA) is 61.2 Å². The van der Waals surface area contributed by atoms with Crippen LogP contribution in [0.25, 0.3) is 0 Å². The highest BCUT2D eigenvalue weighted by Gasteiger charge is 2.21. The smallest absolute Gasteiger partial charge is 0.172 e. The van der Waals surface area contributed by atoms with Crippen LogP contribution in [-0.4, -0.2) is 48.4 Å². The summed E-state index contributed by atoms with van der Waals surface area (Å²) in [7, 11) is 6.97. The van der Waals surface area contributed by atoms with E-state index in [1.54, 1.807) is 18.9 Å². The molecule has 0 aliphatic heterocycles. The maximum Gasteiger partial charge on any atom is 0.172 e. The zero-order valence-corrected chi connectivity index (χ0v) is 9.60. The van der Waals surface area contributed by atoms with Crippen molar-refractivity contribution < 1.29 is 9.47 Å². The Morgan fingerprint density at radius 1 is 1.47 bits per heavy atom. The van der Waals surface area contributed by atoms with Gasteiger partial charge in [-0.25, -0.2) is 4.98 Å². The highest BCUT2D eigenvalue weighted by Crippen LogP contribution is 2.05. The van der Waals surface area contributed by atoms with Crippen molar-refractivity contribution in [2.45, 2.75) is 18.8 Å². The zero-order chi connectivity index (χ0) is 11.3. The predicted octanol–water partition coefficient (Wildman–Crippen LogP) is -0.436. The molecule has 1 heterocycles. The number of methoxy groups -OCH3 is 2. The average Bonchev–Trinajstić information content (AvgIpc) is 2.64. The summed E-state index contributed by atoms with van der Waals surface area (Å²) < 4.78 is 12.1. The van der Waals surface area contributed by atoms with Crippen molar-refractivity contribution in [3.8, 4) is 0 Å². The lowest BCUT2D eigenvalue weighted by molar-refractivity contribution is -0.121. The minimum absolute atomic E-state index is 0.0582. The van der Waals surface area contributed by atoms with Crippen molar-refractivity contribution in [2.75, 3.05) is 21.3 Å².